The Morgan fingerprint density at radius 2 is 1.85 bits per heavy atom. The van der Waals surface area contributed by atoms with Gasteiger partial charge in [0.2, 0.25) is 5.91 Å². The van der Waals surface area contributed by atoms with Crippen LogP contribution in [0.15, 0.2) is 42.5 Å². The maximum Gasteiger partial charge on any atom is 0.273 e. The van der Waals surface area contributed by atoms with Crippen molar-refractivity contribution in [1.29, 1.82) is 0 Å². The Morgan fingerprint density at radius 3 is 2.46 bits per heavy atom. The number of ether oxygens (including phenoxy) is 2. The smallest absolute Gasteiger partial charge is 0.273 e. The molecule has 7 heteroatoms. The third kappa shape index (κ3) is 4.50. The van der Waals surface area contributed by atoms with Crippen LogP contribution < -0.4 is 14.8 Å². The van der Waals surface area contributed by atoms with Crippen molar-refractivity contribution < 1.29 is 19.2 Å². The summed E-state index contributed by atoms with van der Waals surface area (Å²) in [4.78, 5) is 23.0. The summed E-state index contributed by atoms with van der Waals surface area (Å²) in [6.07, 6.45) is 0.610. The molecule has 1 amide bonds. The van der Waals surface area contributed by atoms with Crippen molar-refractivity contribution in [2.24, 2.45) is 0 Å². The summed E-state index contributed by atoms with van der Waals surface area (Å²) in [5, 5.41) is 14.0. The Kier molecular flexibility index (Phi) is 6.54. The number of nitro groups is 1. The third-order valence-corrected chi connectivity index (χ3v) is 4.09. The maximum absolute atomic E-state index is 12.4. The van der Waals surface area contributed by atoms with Crippen LogP contribution in [0.3, 0.4) is 0 Å². The molecule has 2 aromatic carbocycles. The van der Waals surface area contributed by atoms with E-state index in [1.54, 1.807) is 38.5 Å². The fourth-order valence-corrected chi connectivity index (χ4v) is 2.75. The molecule has 0 aliphatic heterocycles. The second-order valence-corrected chi connectivity index (χ2v) is 5.71. The number of carbonyl (C=O) groups is 1. The Labute approximate surface area is 152 Å². The van der Waals surface area contributed by atoms with Crippen molar-refractivity contribution in [3.05, 3.63) is 63.7 Å². The molecule has 1 atom stereocenters. The number of rotatable bonds is 8. The normalized spacial score (nSPS) is 11.5. The first kappa shape index (κ1) is 19.2. The van der Waals surface area contributed by atoms with Crippen molar-refractivity contribution in [2.75, 3.05) is 14.2 Å². The van der Waals surface area contributed by atoms with Gasteiger partial charge in [-0.25, -0.2) is 0 Å². The van der Waals surface area contributed by atoms with Crippen LogP contribution in [-0.2, 0) is 11.2 Å². The second-order valence-electron chi connectivity index (χ2n) is 5.71. The summed E-state index contributed by atoms with van der Waals surface area (Å²) in [6.45, 7) is 1.95. The van der Waals surface area contributed by atoms with Gasteiger partial charge < -0.3 is 14.8 Å². The van der Waals surface area contributed by atoms with E-state index in [4.69, 9.17) is 9.47 Å². The van der Waals surface area contributed by atoms with Crippen LogP contribution >= 0.6 is 0 Å². The fourth-order valence-electron chi connectivity index (χ4n) is 2.75. The largest absolute Gasteiger partial charge is 0.493 e. The molecule has 26 heavy (non-hydrogen) atoms. The highest BCUT2D eigenvalue weighted by molar-refractivity contribution is 5.80. The van der Waals surface area contributed by atoms with Gasteiger partial charge in [-0.3, -0.25) is 14.9 Å². The summed E-state index contributed by atoms with van der Waals surface area (Å²) < 4.78 is 10.5. The van der Waals surface area contributed by atoms with Gasteiger partial charge in [-0.1, -0.05) is 31.2 Å². The minimum Gasteiger partial charge on any atom is -0.493 e. The number of para-hydroxylation sites is 1. The van der Waals surface area contributed by atoms with Crippen molar-refractivity contribution in [2.45, 2.75) is 25.8 Å². The Balaban J connectivity index is 2.15. The van der Waals surface area contributed by atoms with Gasteiger partial charge in [-0.05, 0) is 24.1 Å². The van der Waals surface area contributed by atoms with E-state index < -0.39 is 4.92 Å². The average molecular weight is 358 g/mol. The molecule has 0 unspecified atom stereocenters. The zero-order chi connectivity index (χ0) is 19.1. The summed E-state index contributed by atoms with van der Waals surface area (Å²) in [7, 11) is 3.11. The minimum absolute atomic E-state index is 0.0539. The van der Waals surface area contributed by atoms with E-state index >= 15 is 0 Å². The highest BCUT2D eigenvalue weighted by Crippen LogP contribution is 2.31. The van der Waals surface area contributed by atoms with Gasteiger partial charge in [-0.15, -0.1) is 0 Å². The zero-order valence-corrected chi connectivity index (χ0v) is 15.0. The number of hydrogen-bond acceptors (Lipinski definition) is 5. The van der Waals surface area contributed by atoms with Crippen molar-refractivity contribution in [1.82, 2.24) is 5.32 Å². The van der Waals surface area contributed by atoms with E-state index in [9.17, 15) is 14.9 Å². The van der Waals surface area contributed by atoms with Crippen LogP contribution in [0.2, 0.25) is 0 Å². The number of methoxy groups -OCH3 is 2. The number of amides is 1. The first-order valence-electron chi connectivity index (χ1n) is 8.23. The molecule has 0 radical (unpaired) electrons. The molecule has 7 nitrogen and oxygen atoms in total. The van der Waals surface area contributed by atoms with E-state index in [0.717, 1.165) is 5.56 Å². The number of benzene rings is 2. The number of nitro benzene ring substituents is 1. The Morgan fingerprint density at radius 1 is 1.15 bits per heavy atom. The summed E-state index contributed by atoms with van der Waals surface area (Å²) in [5.74, 6) is 0.912. The lowest BCUT2D eigenvalue weighted by Crippen LogP contribution is -2.29. The SMILES string of the molecule is CC[C@H](NC(=O)Cc1ccccc1[N+](=O)[O-])c1ccc(OC)c(OC)c1. The van der Waals surface area contributed by atoms with Gasteiger partial charge in [0, 0.05) is 11.6 Å². The summed E-state index contributed by atoms with van der Waals surface area (Å²) in [6, 6.07) is 11.5. The molecule has 0 bridgehead atoms. The maximum atomic E-state index is 12.4. The summed E-state index contributed by atoms with van der Waals surface area (Å²) >= 11 is 0. The fraction of sp³-hybridized carbons (Fsp3) is 0.316. The lowest BCUT2D eigenvalue weighted by Gasteiger charge is -2.19. The van der Waals surface area contributed by atoms with Crippen LogP contribution in [0.5, 0.6) is 11.5 Å². The highest BCUT2D eigenvalue weighted by Gasteiger charge is 2.19. The molecule has 0 aromatic heterocycles. The van der Waals surface area contributed by atoms with Crippen LogP contribution in [0, 0.1) is 10.1 Å². The standard InChI is InChI=1S/C19H22N2O5/c1-4-15(13-9-10-17(25-2)18(11-13)26-3)20-19(22)12-14-7-5-6-8-16(14)21(23)24/h5-11,15H,4,12H2,1-3H3,(H,20,22)/t15-/m0/s1. The van der Waals surface area contributed by atoms with E-state index in [0.29, 0.717) is 23.5 Å². The van der Waals surface area contributed by atoms with Crippen LogP contribution in [0.1, 0.15) is 30.5 Å². The molecule has 0 spiro atoms. The minimum atomic E-state index is -0.478. The van der Waals surface area contributed by atoms with Gasteiger partial charge in [-0.2, -0.15) is 0 Å². The van der Waals surface area contributed by atoms with Gasteiger partial charge in [0.05, 0.1) is 31.6 Å². The first-order valence-corrected chi connectivity index (χ1v) is 8.23. The van der Waals surface area contributed by atoms with Crippen molar-refractivity contribution in [3.8, 4) is 11.5 Å². The molecule has 2 rings (SSSR count). The number of hydrogen-bond donors (Lipinski definition) is 1. The van der Waals surface area contributed by atoms with Crippen molar-refractivity contribution >= 4 is 11.6 Å². The van der Waals surface area contributed by atoms with Crippen LogP contribution in [0.4, 0.5) is 5.69 Å². The zero-order valence-electron chi connectivity index (χ0n) is 15.0. The van der Waals surface area contributed by atoms with Gasteiger partial charge in [0.25, 0.3) is 5.69 Å². The van der Waals surface area contributed by atoms with E-state index in [2.05, 4.69) is 5.32 Å². The lowest BCUT2D eigenvalue weighted by atomic mass is 10.0. The predicted molar refractivity (Wildman–Crippen MR) is 97.5 cm³/mol. The van der Waals surface area contributed by atoms with Gasteiger partial charge >= 0.3 is 0 Å². The second kappa shape index (κ2) is 8.84. The van der Waals surface area contributed by atoms with Crippen LogP contribution in [0.25, 0.3) is 0 Å². The Hall–Kier alpha value is -3.09. The number of nitrogens with one attached hydrogen (secondary N) is 1. The lowest BCUT2D eigenvalue weighted by molar-refractivity contribution is -0.385. The first-order chi connectivity index (χ1) is 12.5. The quantitative estimate of drug-likeness (QED) is 0.577. The monoisotopic (exact) mass is 358 g/mol. The molecule has 0 aliphatic carbocycles. The molecule has 0 saturated heterocycles. The van der Waals surface area contributed by atoms with E-state index in [1.807, 2.05) is 19.1 Å². The Bertz CT molecular complexity index is 791. The van der Waals surface area contributed by atoms with Gasteiger partial charge in [0.15, 0.2) is 11.5 Å². The molecular formula is C19H22N2O5. The molecule has 2 aromatic rings. The number of carbonyl (C=O) groups excluding carboxylic acids is 1. The summed E-state index contributed by atoms with van der Waals surface area (Å²) in [5.41, 5.74) is 1.21. The van der Waals surface area contributed by atoms with Gasteiger partial charge in [0.1, 0.15) is 0 Å². The van der Waals surface area contributed by atoms with E-state index in [1.165, 1.54) is 6.07 Å². The topological polar surface area (TPSA) is 90.7 Å². The third-order valence-electron chi connectivity index (χ3n) is 4.09. The molecule has 0 saturated carbocycles. The van der Waals surface area contributed by atoms with Crippen LogP contribution in [-0.4, -0.2) is 25.1 Å². The number of nitrogens with zero attached hydrogens (tertiary/aromatic N) is 1. The molecule has 1 N–H and O–H groups in total. The van der Waals surface area contributed by atoms with E-state index in [-0.39, 0.29) is 24.1 Å². The molecule has 0 aliphatic rings. The average Bonchev–Trinajstić information content (AvgIpc) is 2.65. The highest BCUT2D eigenvalue weighted by atomic mass is 16.6. The molecule has 138 valence electrons. The molecular weight excluding hydrogens is 336 g/mol. The molecule has 0 heterocycles. The van der Waals surface area contributed by atoms with Crippen molar-refractivity contribution in [3.63, 3.8) is 0 Å². The molecule has 0 fully saturated rings. The predicted octanol–water partition coefficient (Wildman–Crippen LogP) is 3.42.